The first-order valence-corrected chi connectivity index (χ1v) is 5.08. The molecule has 1 N–H and O–H groups in total. The zero-order valence-corrected chi connectivity index (χ0v) is 8.09. The summed E-state index contributed by atoms with van der Waals surface area (Å²) in [6, 6.07) is 0. The lowest BCUT2D eigenvalue weighted by atomic mass is 10.6. The first-order valence-electron chi connectivity index (χ1n) is 3.19. The predicted octanol–water partition coefficient (Wildman–Crippen LogP) is -0.332. The Morgan fingerprint density at radius 2 is 1.83 bits per heavy atom. The molecular weight excluding hydrogens is 182 g/mol. The molecule has 0 aliphatic heterocycles. The van der Waals surface area contributed by atoms with Gasteiger partial charge in [0.25, 0.3) is 0 Å². The van der Waals surface area contributed by atoms with Crippen LogP contribution in [-0.2, 0) is 19.5 Å². The van der Waals surface area contributed by atoms with Crippen LogP contribution in [0.15, 0.2) is 12.3 Å². The summed E-state index contributed by atoms with van der Waals surface area (Å²) in [7, 11) is -0.270. The average molecular weight is 195 g/mol. The summed E-state index contributed by atoms with van der Waals surface area (Å²) in [6.07, 6.45) is 3.24. The molecule has 0 radical (unpaired) electrons. The second-order valence-corrected chi connectivity index (χ2v) is 3.87. The number of sulfonamides is 1. The number of nitrogens with one attached hydrogen (secondary N) is 1. The second kappa shape index (κ2) is 5.13. The summed E-state index contributed by atoms with van der Waals surface area (Å²) in [6.45, 7) is 0. The number of hydrogen-bond acceptors (Lipinski definition) is 4. The lowest BCUT2D eigenvalue weighted by molar-refractivity contribution is -0.0667. The smallest absolute Gasteiger partial charge is 0.229 e. The Bertz CT molecular complexity index is 230. The summed E-state index contributed by atoms with van der Waals surface area (Å²) >= 11 is 0. The van der Waals surface area contributed by atoms with Crippen LogP contribution in [0.2, 0.25) is 0 Å². The highest BCUT2D eigenvalue weighted by Gasteiger charge is 1.98. The van der Waals surface area contributed by atoms with E-state index in [1.807, 2.05) is 0 Å². The van der Waals surface area contributed by atoms with Gasteiger partial charge in [0.2, 0.25) is 10.0 Å². The zero-order valence-electron chi connectivity index (χ0n) is 7.27. The van der Waals surface area contributed by atoms with Crippen LogP contribution in [-0.4, -0.2) is 35.2 Å². The summed E-state index contributed by atoms with van der Waals surface area (Å²) < 4.78 is 32.8. The van der Waals surface area contributed by atoms with Crippen LogP contribution >= 0.6 is 0 Å². The van der Waals surface area contributed by atoms with E-state index in [9.17, 15) is 8.42 Å². The first-order chi connectivity index (χ1) is 5.49. The lowest BCUT2D eigenvalue weighted by Crippen LogP contribution is -2.17. The van der Waals surface area contributed by atoms with Gasteiger partial charge in [0, 0.05) is 20.4 Å². The molecule has 5 nitrogen and oxygen atoms in total. The molecule has 0 aromatic rings. The molecule has 0 saturated carbocycles. The SMILES string of the molecule is COC(C=CNS(C)(=O)=O)OC. The maximum absolute atomic E-state index is 10.5. The first kappa shape index (κ1) is 11.4. The van der Waals surface area contributed by atoms with Gasteiger partial charge in [-0.15, -0.1) is 0 Å². The Hall–Kier alpha value is -0.590. The maximum Gasteiger partial charge on any atom is 0.229 e. The van der Waals surface area contributed by atoms with Crippen molar-refractivity contribution in [2.45, 2.75) is 6.29 Å². The highest BCUT2D eigenvalue weighted by molar-refractivity contribution is 7.88. The minimum atomic E-state index is -3.18. The van der Waals surface area contributed by atoms with E-state index >= 15 is 0 Å². The molecule has 0 atom stereocenters. The molecule has 0 aliphatic rings. The van der Waals surface area contributed by atoms with Crippen LogP contribution in [0.4, 0.5) is 0 Å². The van der Waals surface area contributed by atoms with E-state index in [1.54, 1.807) is 0 Å². The fourth-order valence-corrected chi connectivity index (χ4v) is 0.821. The fraction of sp³-hybridized carbons (Fsp3) is 0.667. The lowest BCUT2D eigenvalue weighted by Gasteiger charge is -2.06. The number of rotatable bonds is 5. The van der Waals surface area contributed by atoms with Crippen molar-refractivity contribution in [3.8, 4) is 0 Å². The summed E-state index contributed by atoms with van der Waals surface area (Å²) in [4.78, 5) is 0. The number of methoxy groups -OCH3 is 2. The van der Waals surface area contributed by atoms with Gasteiger partial charge in [-0.05, 0) is 6.08 Å². The molecule has 0 aromatic heterocycles. The largest absolute Gasteiger partial charge is 0.352 e. The normalized spacial score (nSPS) is 12.7. The van der Waals surface area contributed by atoms with Crippen molar-refractivity contribution in [2.24, 2.45) is 0 Å². The molecule has 0 spiro atoms. The third kappa shape index (κ3) is 6.14. The maximum atomic E-state index is 10.5. The van der Waals surface area contributed by atoms with Gasteiger partial charge in [0.05, 0.1) is 6.26 Å². The van der Waals surface area contributed by atoms with E-state index in [1.165, 1.54) is 26.5 Å². The van der Waals surface area contributed by atoms with Gasteiger partial charge >= 0.3 is 0 Å². The molecular formula is C6H13NO4S. The Morgan fingerprint density at radius 1 is 1.33 bits per heavy atom. The van der Waals surface area contributed by atoms with E-state index in [0.717, 1.165) is 6.26 Å². The Kier molecular flexibility index (Phi) is 4.87. The van der Waals surface area contributed by atoms with Gasteiger partial charge in [-0.25, -0.2) is 8.42 Å². The minimum absolute atomic E-state index is 0.528. The van der Waals surface area contributed by atoms with Crippen LogP contribution in [0, 0.1) is 0 Å². The molecule has 0 aromatic carbocycles. The van der Waals surface area contributed by atoms with Crippen LogP contribution in [0.3, 0.4) is 0 Å². The standard InChI is InChI=1S/C6H13NO4S/c1-10-6(11-2)4-5-7-12(3,8)9/h4-7H,1-3H3. The molecule has 72 valence electrons. The second-order valence-electron chi connectivity index (χ2n) is 2.09. The van der Waals surface area contributed by atoms with E-state index < -0.39 is 16.3 Å². The van der Waals surface area contributed by atoms with Crippen LogP contribution in [0.25, 0.3) is 0 Å². The molecule has 0 rings (SSSR count). The molecule has 0 heterocycles. The van der Waals surface area contributed by atoms with Crippen molar-refractivity contribution in [3.63, 3.8) is 0 Å². The van der Waals surface area contributed by atoms with E-state index in [2.05, 4.69) is 4.72 Å². The molecule has 0 unspecified atom stereocenters. The highest BCUT2D eigenvalue weighted by atomic mass is 32.2. The van der Waals surface area contributed by atoms with Crippen molar-refractivity contribution in [1.82, 2.24) is 4.72 Å². The van der Waals surface area contributed by atoms with Gasteiger partial charge < -0.3 is 9.47 Å². The minimum Gasteiger partial charge on any atom is -0.352 e. The molecule has 0 bridgehead atoms. The van der Waals surface area contributed by atoms with E-state index in [4.69, 9.17) is 9.47 Å². The van der Waals surface area contributed by atoms with Crippen molar-refractivity contribution in [2.75, 3.05) is 20.5 Å². The van der Waals surface area contributed by atoms with Crippen LogP contribution in [0.1, 0.15) is 0 Å². The zero-order chi connectivity index (χ0) is 9.61. The van der Waals surface area contributed by atoms with Crippen LogP contribution in [0.5, 0.6) is 0 Å². The molecule has 12 heavy (non-hydrogen) atoms. The molecule has 0 fully saturated rings. The predicted molar refractivity (Wildman–Crippen MR) is 44.9 cm³/mol. The van der Waals surface area contributed by atoms with E-state index in [-0.39, 0.29) is 0 Å². The summed E-state index contributed by atoms with van der Waals surface area (Å²) in [5.41, 5.74) is 0. The Morgan fingerprint density at radius 3 is 2.17 bits per heavy atom. The third-order valence-corrected chi connectivity index (χ3v) is 1.56. The number of ether oxygens (including phenoxy) is 2. The Balaban J connectivity index is 3.90. The van der Waals surface area contributed by atoms with Crippen molar-refractivity contribution < 1.29 is 17.9 Å². The molecule has 0 aliphatic carbocycles. The monoisotopic (exact) mass is 195 g/mol. The third-order valence-electron chi connectivity index (χ3n) is 1.00. The average Bonchev–Trinajstić information content (AvgIpc) is 1.96. The van der Waals surface area contributed by atoms with Crippen LogP contribution < -0.4 is 4.72 Å². The highest BCUT2D eigenvalue weighted by Crippen LogP contribution is 1.91. The van der Waals surface area contributed by atoms with Crippen molar-refractivity contribution in [3.05, 3.63) is 12.3 Å². The van der Waals surface area contributed by atoms with Gasteiger partial charge in [-0.2, -0.15) is 0 Å². The fourth-order valence-electron chi connectivity index (χ4n) is 0.495. The summed E-state index contributed by atoms with van der Waals surface area (Å²) in [5, 5.41) is 0. The molecule has 0 saturated heterocycles. The molecule has 0 amide bonds. The number of hydrogen-bond donors (Lipinski definition) is 1. The quantitative estimate of drug-likeness (QED) is 0.610. The van der Waals surface area contributed by atoms with Gasteiger partial charge in [-0.1, -0.05) is 0 Å². The Labute approximate surface area is 72.4 Å². The van der Waals surface area contributed by atoms with Gasteiger partial charge in [0.15, 0.2) is 6.29 Å². The topological polar surface area (TPSA) is 64.6 Å². The molecule has 6 heteroatoms. The van der Waals surface area contributed by atoms with E-state index in [0.29, 0.717) is 0 Å². The van der Waals surface area contributed by atoms with Crippen molar-refractivity contribution in [1.29, 1.82) is 0 Å². The van der Waals surface area contributed by atoms with Gasteiger partial charge in [-0.3, -0.25) is 4.72 Å². The summed E-state index contributed by atoms with van der Waals surface area (Å²) in [5.74, 6) is 0. The van der Waals surface area contributed by atoms with Gasteiger partial charge in [0.1, 0.15) is 0 Å². The van der Waals surface area contributed by atoms with Crippen molar-refractivity contribution >= 4 is 10.0 Å².